The Morgan fingerprint density at radius 1 is 1.62 bits per heavy atom. The second-order valence-corrected chi connectivity index (χ2v) is 3.58. The van der Waals surface area contributed by atoms with E-state index in [9.17, 15) is 4.79 Å². The maximum Gasteiger partial charge on any atom is 0.220 e. The minimum atomic E-state index is -0.129. The second-order valence-electron chi connectivity index (χ2n) is 2.96. The van der Waals surface area contributed by atoms with E-state index in [2.05, 4.69) is 12.2 Å². The van der Waals surface area contributed by atoms with Crippen LogP contribution < -0.4 is 5.32 Å². The number of alkyl halides is 1. The maximum atomic E-state index is 11.1. The molecule has 1 atom stereocenters. The maximum absolute atomic E-state index is 11.1. The average molecular weight is 208 g/mol. The smallest absolute Gasteiger partial charge is 0.220 e. The average Bonchev–Trinajstić information content (AvgIpc) is 2.12. The van der Waals surface area contributed by atoms with Gasteiger partial charge in [-0.3, -0.25) is 4.79 Å². The number of halogens is 1. The van der Waals surface area contributed by atoms with Crippen LogP contribution in [0.25, 0.3) is 0 Å². The van der Waals surface area contributed by atoms with Crippen LogP contribution >= 0.6 is 11.6 Å². The number of amides is 1. The van der Waals surface area contributed by atoms with E-state index in [-0.39, 0.29) is 11.3 Å². The Bertz CT molecular complexity index is 142. The molecule has 78 valence electrons. The quantitative estimate of drug-likeness (QED) is 0.644. The number of rotatable bonds is 7. The Labute approximate surface area is 84.8 Å². The molecule has 0 aliphatic carbocycles. The monoisotopic (exact) mass is 207 g/mol. The SMILES string of the molecule is CCCCC(=O)NCC(Cl)COC. The first kappa shape index (κ1) is 12.7. The summed E-state index contributed by atoms with van der Waals surface area (Å²) in [7, 11) is 1.59. The summed E-state index contributed by atoms with van der Waals surface area (Å²) in [5.74, 6) is 0.0728. The van der Waals surface area contributed by atoms with Crippen LogP contribution in [0.3, 0.4) is 0 Å². The molecular weight excluding hydrogens is 190 g/mol. The summed E-state index contributed by atoms with van der Waals surface area (Å²) < 4.78 is 4.83. The van der Waals surface area contributed by atoms with Crippen molar-refractivity contribution in [1.82, 2.24) is 5.32 Å². The molecule has 0 aliphatic rings. The molecule has 0 saturated carbocycles. The number of unbranched alkanes of at least 4 members (excludes halogenated alkanes) is 1. The number of nitrogens with one attached hydrogen (secondary N) is 1. The second kappa shape index (κ2) is 8.32. The van der Waals surface area contributed by atoms with Gasteiger partial charge in [-0.05, 0) is 6.42 Å². The summed E-state index contributed by atoms with van der Waals surface area (Å²) in [5, 5.41) is 2.62. The Morgan fingerprint density at radius 2 is 2.31 bits per heavy atom. The van der Waals surface area contributed by atoms with Crippen molar-refractivity contribution in [1.29, 1.82) is 0 Å². The zero-order valence-corrected chi connectivity index (χ0v) is 9.06. The zero-order valence-electron chi connectivity index (χ0n) is 8.31. The summed E-state index contributed by atoms with van der Waals surface area (Å²) in [6.07, 6.45) is 2.56. The van der Waals surface area contributed by atoms with Gasteiger partial charge in [-0.1, -0.05) is 13.3 Å². The summed E-state index contributed by atoms with van der Waals surface area (Å²) in [6, 6.07) is 0. The van der Waals surface area contributed by atoms with Gasteiger partial charge in [0.1, 0.15) is 0 Å². The highest BCUT2D eigenvalue weighted by Crippen LogP contribution is 1.96. The fraction of sp³-hybridized carbons (Fsp3) is 0.889. The number of ether oxygens (including phenoxy) is 1. The standard InChI is InChI=1S/C9H18ClNO2/c1-3-4-5-9(12)11-6-8(10)7-13-2/h8H,3-7H2,1-2H3,(H,11,12). The molecule has 1 unspecified atom stereocenters. The van der Waals surface area contributed by atoms with Crippen molar-refractivity contribution in [2.45, 2.75) is 31.6 Å². The summed E-state index contributed by atoms with van der Waals surface area (Å²) >= 11 is 5.82. The van der Waals surface area contributed by atoms with Crippen LogP contribution in [0.5, 0.6) is 0 Å². The number of carbonyl (C=O) groups excluding carboxylic acids is 1. The predicted octanol–water partition coefficient (Wildman–Crippen LogP) is 1.55. The summed E-state index contributed by atoms with van der Waals surface area (Å²) in [4.78, 5) is 11.1. The van der Waals surface area contributed by atoms with Crippen LogP contribution in [0.1, 0.15) is 26.2 Å². The van der Waals surface area contributed by atoms with Crippen LogP contribution in [-0.4, -0.2) is 31.5 Å². The van der Waals surface area contributed by atoms with Crippen molar-refractivity contribution in [3.05, 3.63) is 0 Å². The molecule has 13 heavy (non-hydrogen) atoms. The van der Waals surface area contributed by atoms with E-state index in [4.69, 9.17) is 16.3 Å². The van der Waals surface area contributed by atoms with Crippen molar-refractivity contribution >= 4 is 17.5 Å². The lowest BCUT2D eigenvalue weighted by Crippen LogP contribution is -2.31. The minimum absolute atomic E-state index is 0.0728. The molecule has 0 saturated heterocycles. The predicted molar refractivity (Wildman–Crippen MR) is 54.1 cm³/mol. The van der Waals surface area contributed by atoms with Gasteiger partial charge in [-0.2, -0.15) is 0 Å². The topological polar surface area (TPSA) is 38.3 Å². The largest absolute Gasteiger partial charge is 0.383 e. The van der Waals surface area contributed by atoms with Crippen LogP contribution in [0, 0.1) is 0 Å². The highest BCUT2D eigenvalue weighted by molar-refractivity contribution is 6.21. The summed E-state index contributed by atoms with van der Waals surface area (Å²) in [5.41, 5.74) is 0. The Hall–Kier alpha value is -0.280. The van der Waals surface area contributed by atoms with E-state index < -0.39 is 0 Å². The van der Waals surface area contributed by atoms with Crippen molar-refractivity contribution in [3.8, 4) is 0 Å². The highest BCUT2D eigenvalue weighted by atomic mass is 35.5. The number of hydrogen-bond acceptors (Lipinski definition) is 2. The van der Waals surface area contributed by atoms with Crippen molar-refractivity contribution in [2.24, 2.45) is 0 Å². The lowest BCUT2D eigenvalue weighted by molar-refractivity contribution is -0.121. The first-order chi connectivity index (χ1) is 6.20. The van der Waals surface area contributed by atoms with Crippen molar-refractivity contribution in [2.75, 3.05) is 20.3 Å². The van der Waals surface area contributed by atoms with Crippen molar-refractivity contribution < 1.29 is 9.53 Å². The number of carbonyl (C=O) groups is 1. The van der Waals surface area contributed by atoms with Crippen LogP contribution in [0.2, 0.25) is 0 Å². The van der Waals surface area contributed by atoms with E-state index in [1.54, 1.807) is 7.11 Å². The molecule has 3 nitrogen and oxygen atoms in total. The molecule has 0 aromatic rings. The minimum Gasteiger partial charge on any atom is -0.383 e. The molecule has 0 aromatic carbocycles. The fourth-order valence-corrected chi connectivity index (χ4v) is 1.09. The van der Waals surface area contributed by atoms with Gasteiger partial charge in [0.25, 0.3) is 0 Å². The number of hydrogen-bond donors (Lipinski definition) is 1. The highest BCUT2D eigenvalue weighted by Gasteiger charge is 2.05. The third kappa shape index (κ3) is 8.06. The van der Waals surface area contributed by atoms with Gasteiger partial charge in [-0.15, -0.1) is 11.6 Å². The van der Waals surface area contributed by atoms with E-state index in [1.807, 2.05) is 0 Å². The molecule has 4 heteroatoms. The van der Waals surface area contributed by atoms with Gasteiger partial charge in [0, 0.05) is 20.1 Å². The first-order valence-electron chi connectivity index (χ1n) is 4.60. The molecule has 0 fully saturated rings. The van der Waals surface area contributed by atoms with Gasteiger partial charge in [0.05, 0.1) is 12.0 Å². The van der Waals surface area contributed by atoms with Gasteiger partial charge in [0.15, 0.2) is 0 Å². The molecule has 0 spiro atoms. The molecule has 0 aliphatic heterocycles. The first-order valence-corrected chi connectivity index (χ1v) is 5.04. The molecule has 1 amide bonds. The van der Waals surface area contributed by atoms with Gasteiger partial charge in [-0.25, -0.2) is 0 Å². The third-order valence-electron chi connectivity index (χ3n) is 1.63. The molecule has 0 aromatic heterocycles. The molecule has 0 radical (unpaired) electrons. The van der Waals surface area contributed by atoms with E-state index in [0.29, 0.717) is 19.6 Å². The molecule has 1 N–H and O–H groups in total. The normalized spacial score (nSPS) is 12.5. The lowest BCUT2D eigenvalue weighted by atomic mass is 10.2. The zero-order chi connectivity index (χ0) is 10.1. The molecular formula is C9H18ClNO2. The lowest BCUT2D eigenvalue weighted by Gasteiger charge is -2.09. The Morgan fingerprint density at radius 3 is 2.85 bits per heavy atom. The van der Waals surface area contributed by atoms with Crippen LogP contribution in [0.15, 0.2) is 0 Å². The van der Waals surface area contributed by atoms with E-state index in [1.165, 1.54) is 0 Å². The molecule has 0 rings (SSSR count). The van der Waals surface area contributed by atoms with Gasteiger partial charge in [0.2, 0.25) is 5.91 Å². The number of methoxy groups -OCH3 is 1. The van der Waals surface area contributed by atoms with E-state index >= 15 is 0 Å². The molecule has 0 bridgehead atoms. The van der Waals surface area contributed by atoms with Crippen molar-refractivity contribution in [3.63, 3.8) is 0 Å². The van der Waals surface area contributed by atoms with Crippen LogP contribution in [0.4, 0.5) is 0 Å². The van der Waals surface area contributed by atoms with E-state index in [0.717, 1.165) is 12.8 Å². The molecule has 0 heterocycles. The van der Waals surface area contributed by atoms with Crippen LogP contribution in [-0.2, 0) is 9.53 Å². The Balaban J connectivity index is 3.34. The summed E-state index contributed by atoms with van der Waals surface area (Å²) in [6.45, 7) is 3.01. The fourth-order valence-electron chi connectivity index (χ4n) is 0.890. The Kier molecular flexibility index (Phi) is 8.14. The third-order valence-corrected chi connectivity index (χ3v) is 1.91. The van der Waals surface area contributed by atoms with Gasteiger partial charge >= 0.3 is 0 Å². The van der Waals surface area contributed by atoms with Gasteiger partial charge < -0.3 is 10.1 Å².